The maximum absolute atomic E-state index is 13.2. The summed E-state index contributed by atoms with van der Waals surface area (Å²) in [5, 5.41) is 8.72. The molecule has 4 rings (SSSR count). The number of hydrogen-bond donors (Lipinski definition) is 3. The minimum Gasteiger partial charge on any atom is -0.369 e. The molecule has 7 nitrogen and oxygen atoms in total. The minimum atomic E-state index is -1.07. The SMILES string of the molecule is NC(=O)C1(C(=O)N[C@@H](CNCCC2CCN(C(=O)Cc3cccs3)CC2)Cc2ccccc2)CCCC1. The van der Waals surface area contributed by atoms with Crippen molar-refractivity contribution in [3.05, 3.63) is 58.3 Å². The topological polar surface area (TPSA) is 105 Å². The van der Waals surface area contributed by atoms with Crippen LogP contribution in [0.5, 0.6) is 0 Å². The molecule has 1 aliphatic carbocycles. The van der Waals surface area contributed by atoms with Gasteiger partial charge in [-0.15, -0.1) is 11.3 Å². The third-order valence-electron chi connectivity index (χ3n) is 8.02. The first-order valence-corrected chi connectivity index (χ1v) is 14.5. The van der Waals surface area contributed by atoms with Crippen LogP contribution in [0.2, 0.25) is 0 Å². The smallest absolute Gasteiger partial charge is 0.235 e. The second kappa shape index (κ2) is 13.2. The van der Waals surface area contributed by atoms with E-state index in [1.807, 2.05) is 40.6 Å². The number of carbonyl (C=O) groups is 3. The van der Waals surface area contributed by atoms with Gasteiger partial charge in [-0.05, 0) is 68.0 Å². The fraction of sp³-hybridized carbons (Fsp3) is 0.552. The molecule has 2 fully saturated rings. The number of likely N-dealkylation sites (tertiary alicyclic amines) is 1. The van der Waals surface area contributed by atoms with Gasteiger partial charge < -0.3 is 21.3 Å². The van der Waals surface area contributed by atoms with Crippen molar-refractivity contribution in [1.82, 2.24) is 15.5 Å². The molecule has 0 spiro atoms. The number of carbonyl (C=O) groups excluding carboxylic acids is 3. The molecule has 2 aromatic rings. The molecule has 2 aliphatic rings. The summed E-state index contributed by atoms with van der Waals surface area (Å²) in [6.45, 7) is 3.15. The minimum absolute atomic E-state index is 0.122. The third-order valence-corrected chi connectivity index (χ3v) is 8.89. The van der Waals surface area contributed by atoms with Crippen LogP contribution in [0.3, 0.4) is 0 Å². The Kier molecular flexibility index (Phi) is 9.75. The van der Waals surface area contributed by atoms with Gasteiger partial charge in [0.2, 0.25) is 17.7 Å². The van der Waals surface area contributed by atoms with Crippen LogP contribution in [-0.2, 0) is 27.2 Å². The Morgan fingerprint density at radius 2 is 1.78 bits per heavy atom. The molecule has 8 heteroatoms. The van der Waals surface area contributed by atoms with Crippen LogP contribution in [0.4, 0.5) is 0 Å². The molecule has 37 heavy (non-hydrogen) atoms. The van der Waals surface area contributed by atoms with Crippen LogP contribution in [0, 0.1) is 11.3 Å². The van der Waals surface area contributed by atoms with E-state index in [0.29, 0.717) is 38.1 Å². The first-order chi connectivity index (χ1) is 18.0. The number of nitrogens with one attached hydrogen (secondary N) is 2. The molecule has 1 atom stereocenters. The first kappa shape index (κ1) is 27.3. The quantitative estimate of drug-likeness (QED) is 0.293. The van der Waals surface area contributed by atoms with Crippen molar-refractivity contribution < 1.29 is 14.4 Å². The molecular formula is C29H40N4O3S. The summed E-state index contributed by atoms with van der Waals surface area (Å²) >= 11 is 1.64. The lowest BCUT2D eigenvalue weighted by Gasteiger charge is -2.32. The first-order valence-electron chi connectivity index (χ1n) is 13.6. The standard InChI is InChI=1S/C29H40N4O3S/c30-27(35)29(13-4-5-14-29)28(36)32-24(19-23-7-2-1-3-8-23)21-31-15-10-22-11-16-33(17-12-22)26(34)20-25-9-6-18-37-25/h1-3,6-9,18,22,24,31H,4-5,10-17,19-21H2,(H2,30,35)(H,32,36)/t24-/m1/s1. The van der Waals surface area contributed by atoms with Crippen molar-refractivity contribution in [1.29, 1.82) is 0 Å². The summed E-state index contributed by atoms with van der Waals surface area (Å²) < 4.78 is 0. The Morgan fingerprint density at radius 1 is 1.05 bits per heavy atom. The molecule has 0 bridgehead atoms. The monoisotopic (exact) mass is 524 g/mol. The largest absolute Gasteiger partial charge is 0.369 e. The lowest BCUT2D eigenvalue weighted by atomic mass is 9.84. The molecule has 1 aliphatic heterocycles. The molecule has 0 unspecified atom stereocenters. The molecule has 0 radical (unpaired) electrons. The molecule has 1 aromatic carbocycles. The number of nitrogens with two attached hydrogens (primary N) is 1. The van der Waals surface area contributed by atoms with E-state index in [0.717, 1.165) is 62.2 Å². The highest BCUT2D eigenvalue weighted by molar-refractivity contribution is 7.10. The second-order valence-corrected chi connectivity index (χ2v) is 11.6. The van der Waals surface area contributed by atoms with E-state index < -0.39 is 11.3 Å². The highest BCUT2D eigenvalue weighted by Gasteiger charge is 2.47. The molecule has 3 amide bonds. The second-order valence-electron chi connectivity index (χ2n) is 10.6. The van der Waals surface area contributed by atoms with Crippen molar-refractivity contribution in [2.24, 2.45) is 17.1 Å². The van der Waals surface area contributed by atoms with E-state index in [2.05, 4.69) is 22.8 Å². The molecular weight excluding hydrogens is 484 g/mol. The Hall–Kier alpha value is -2.71. The van der Waals surface area contributed by atoms with Crippen molar-refractivity contribution in [2.75, 3.05) is 26.2 Å². The highest BCUT2D eigenvalue weighted by Crippen LogP contribution is 2.38. The molecule has 200 valence electrons. The number of rotatable bonds is 12. The summed E-state index contributed by atoms with van der Waals surface area (Å²) in [4.78, 5) is 41.1. The number of benzene rings is 1. The Morgan fingerprint density at radius 3 is 2.43 bits per heavy atom. The van der Waals surface area contributed by atoms with Crippen LogP contribution in [0.15, 0.2) is 47.8 Å². The summed E-state index contributed by atoms with van der Waals surface area (Å²) in [6.07, 6.45) is 7.10. The number of piperidine rings is 1. The summed E-state index contributed by atoms with van der Waals surface area (Å²) in [5.41, 5.74) is 5.77. The van der Waals surface area contributed by atoms with Gasteiger partial charge in [0.1, 0.15) is 5.41 Å². The lowest BCUT2D eigenvalue weighted by Crippen LogP contribution is -2.53. The predicted molar refractivity (Wildman–Crippen MR) is 147 cm³/mol. The van der Waals surface area contributed by atoms with Crippen LogP contribution in [0.1, 0.15) is 55.4 Å². The number of amides is 3. The molecule has 1 saturated carbocycles. The van der Waals surface area contributed by atoms with E-state index in [-0.39, 0.29) is 17.9 Å². The maximum atomic E-state index is 13.2. The highest BCUT2D eigenvalue weighted by atomic mass is 32.1. The van der Waals surface area contributed by atoms with Gasteiger partial charge in [-0.25, -0.2) is 0 Å². The van der Waals surface area contributed by atoms with E-state index in [1.54, 1.807) is 11.3 Å². The van der Waals surface area contributed by atoms with Crippen molar-refractivity contribution >= 4 is 29.1 Å². The van der Waals surface area contributed by atoms with E-state index in [9.17, 15) is 14.4 Å². The molecule has 2 heterocycles. The molecule has 4 N–H and O–H groups in total. The van der Waals surface area contributed by atoms with E-state index in [1.165, 1.54) is 0 Å². The Labute approximate surface area is 224 Å². The van der Waals surface area contributed by atoms with Crippen molar-refractivity contribution in [3.8, 4) is 0 Å². The number of thiophene rings is 1. The fourth-order valence-corrected chi connectivity index (χ4v) is 6.38. The number of nitrogens with zero attached hydrogens (tertiary/aromatic N) is 1. The summed E-state index contributed by atoms with van der Waals surface area (Å²) in [6, 6.07) is 14.0. The summed E-state index contributed by atoms with van der Waals surface area (Å²) in [7, 11) is 0. The van der Waals surface area contributed by atoms with Crippen molar-refractivity contribution in [3.63, 3.8) is 0 Å². The van der Waals surface area contributed by atoms with Gasteiger partial charge in [0.15, 0.2) is 0 Å². The maximum Gasteiger partial charge on any atom is 0.235 e. The fourth-order valence-electron chi connectivity index (χ4n) is 5.69. The zero-order chi connectivity index (χ0) is 26.1. The Bertz CT molecular complexity index is 1010. The van der Waals surface area contributed by atoms with Gasteiger partial charge in [0, 0.05) is 30.6 Å². The van der Waals surface area contributed by atoms with Crippen molar-refractivity contribution in [2.45, 2.75) is 63.8 Å². The molecule has 1 saturated heterocycles. The van der Waals surface area contributed by atoms with Crippen LogP contribution in [-0.4, -0.2) is 54.8 Å². The average molecular weight is 525 g/mol. The van der Waals surface area contributed by atoms with Gasteiger partial charge in [0.05, 0.1) is 6.42 Å². The normalized spacial score (nSPS) is 18.4. The van der Waals surface area contributed by atoms with Gasteiger partial charge >= 0.3 is 0 Å². The van der Waals surface area contributed by atoms with Crippen LogP contribution >= 0.6 is 11.3 Å². The van der Waals surface area contributed by atoms with Gasteiger partial charge in [-0.2, -0.15) is 0 Å². The zero-order valence-electron chi connectivity index (χ0n) is 21.6. The van der Waals surface area contributed by atoms with E-state index in [4.69, 9.17) is 5.73 Å². The van der Waals surface area contributed by atoms with Gasteiger partial charge in [-0.3, -0.25) is 14.4 Å². The van der Waals surface area contributed by atoms with Gasteiger partial charge in [-0.1, -0.05) is 49.2 Å². The van der Waals surface area contributed by atoms with E-state index >= 15 is 0 Å². The average Bonchev–Trinajstić information content (AvgIpc) is 3.61. The predicted octanol–water partition coefficient (Wildman–Crippen LogP) is 3.28. The third kappa shape index (κ3) is 7.42. The zero-order valence-corrected chi connectivity index (χ0v) is 22.4. The van der Waals surface area contributed by atoms with Crippen LogP contribution in [0.25, 0.3) is 0 Å². The Balaban J connectivity index is 1.23. The van der Waals surface area contributed by atoms with Gasteiger partial charge in [0.25, 0.3) is 0 Å². The molecule has 1 aromatic heterocycles. The number of primary amides is 1. The lowest BCUT2D eigenvalue weighted by molar-refractivity contribution is -0.142. The van der Waals surface area contributed by atoms with Crippen LogP contribution < -0.4 is 16.4 Å². The number of hydrogen-bond acceptors (Lipinski definition) is 5. The summed E-state index contributed by atoms with van der Waals surface area (Å²) in [5.74, 6) is 0.0977.